The maximum absolute atomic E-state index is 14.2. The van der Waals surface area contributed by atoms with Gasteiger partial charge in [0.15, 0.2) is 11.6 Å². The van der Waals surface area contributed by atoms with E-state index < -0.39 is 17.3 Å². The minimum absolute atomic E-state index is 0.0466. The highest BCUT2D eigenvalue weighted by molar-refractivity contribution is 5.44. The van der Waals surface area contributed by atoms with Gasteiger partial charge in [0.25, 0.3) is 0 Å². The van der Waals surface area contributed by atoms with Crippen LogP contribution in [-0.2, 0) is 12.8 Å². The van der Waals surface area contributed by atoms with Gasteiger partial charge in [0.1, 0.15) is 11.4 Å². The number of aliphatic hydroxyl groups is 2. The van der Waals surface area contributed by atoms with Crippen LogP contribution in [0.15, 0.2) is 66.9 Å². The summed E-state index contributed by atoms with van der Waals surface area (Å²) >= 11 is 0. The minimum atomic E-state index is -1.43. The molecule has 2 atom stereocenters. The molecule has 0 aliphatic heterocycles. The van der Waals surface area contributed by atoms with E-state index in [0.29, 0.717) is 6.42 Å². The predicted octanol–water partition coefficient (Wildman–Crippen LogP) is 3.34. The molecule has 0 bridgehead atoms. The Labute approximate surface area is 169 Å². The second-order valence-corrected chi connectivity index (χ2v) is 7.51. The molecule has 0 aliphatic rings. The molecule has 3 aromatic rings. The number of halogens is 1. The molecule has 3 rings (SSSR count). The Kier molecular flexibility index (Phi) is 6.10. The largest absolute Gasteiger partial charge is 0.371 e. The lowest BCUT2D eigenvalue weighted by molar-refractivity contribution is 0.0891. The normalized spacial score (nSPS) is 15.2. The van der Waals surface area contributed by atoms with Crippen LogP contribution in [0, 0.1) is 5.82 Å². The maximum atomic E-state index is 14.2. The monoisotopic (exact) mass is 396 g/mol. The van der Waals surface area contributed by atoms with Crippen molar-refractivity contribution in [1.29, 1.82) is 0 Å². The van der Waals surface area contributed by atoms with E-state index >= 15 is 0 Å². The summed E-state index contributed by atoms with van der Waals surface area (Å²) in [5.41, 5.74) is -0.955. The van der Waals surface area contributed by atoms with Crippen molar-refractivity contribution >= 4 is 11.8 Å². The van der Waals surface area contributed by atoms with Crippen LogP contribution < -0.4 is 10.6 Å². The fourth-order valence-electron chi connectivity index (χ4n) is 3.09. The summed E-state index contributed by atoms with van der Waals surface area (Å²) in [6.45, 7) is 3.13. The molecule has 2 aromatic carbocycles. The summed E-state index contributed by atoms with van der Waals surface area (Å²) in [5, 5.41) is 26.8. The first-order valence-corrected chi connectivity index (χ1v) is 9.34. The Morgan fingerprint density at radius 1 is 0.828 bits per heavy atom. The van der Waals surface area contributed by atoms with Crippen LogP contribution in [0.1, 0.15) is 25.0 Å². The number of hydrogen-bond donors (Lipinski definition) is 4. The van der Waals surface area contributed by atoms with Gasteiger partial charge in [-0.1, -0.05) is 60.7 Å². The van der Waals surface area contributed by atoms with Gasteiger partial charge in [0.05, 0.1) is 6.20 Å². The Balaban J connectivity index is 1.72. The molecule has 6 nitrogen and oxygen atoms in total. The summed E-state index contributed by atoms with van der Waals surface area (Å²) in [6.07, 6.45) is 1.56. The smallest absolute Gasteiger partial charge is 0.227 e. The molecular formula is C22H25FN4O2. The molecule has 0 spiro atoms. The quantitative estimate of drug-likeness (QED) is 0.437. The number of aromatic nitrogens is 2. The van der Waals surface area contributed by atoms with Crippen LogP contribution in [0.5, 0.6) is 0 Å². The zero-order valence-electron chi connectivity index (χ0n) is 16.4. The highest BCUT2D eigenvalue weighted by Crippen LogP contribution is 2.21. The van der Waals surface area contributed by atoms with Crippen molar-refractivity contribution in [3.63, 3.8) is 0 Å². The first kappa shape index (κ1) is 20.7. The Morgan fingerprint density at radius 3 is 1.83 bits per heavy atom. The van der Waals surface area contributed by atoms with Crippen LogP contribution in [0.4, 0.5) is 16.2 Å². The third-order valence-electron chi connectivity index (χ3n) is 4.30. The van der Waals surface area contributed by atoms with E-state index in [1.54, 1.807) is 13.8 Å². The van der Waals surface area contributed by atoms with Gasteiger partial charge in [0.2, 0.25) is 5.95 Å². The van der Waals surface area contributed by atoms with E-state index in [9.17, 15) is 14.6 Å². The molecule has 0 fully saturated rings. The van der Waals surface area contributed by atoms with Gasteiger partial charge in [-0.2, -0.15) is 4.98 Å². The van der Waals surface area contributed by atoms with Crippen molar-refractivity contribution in [2.45, 2.75) is 38.1 Å². The number of nitrogens with zero attached hydrogens (tertiary/aromatic N) is 2. The first-order valence-electron chi connectivity index (χ1n) is 9.34. The lowest BCUT2D eigenvalue weighted by Gasteiger charge is -2.27. The van der Waals surface area contributed by atoms with Crippen molar-refractivity contribution in [3.05, 3.63) is 83.8 Å². The molecule has 1 heterocycles. The van der Waals surface area contributed by atoms with E-state index in [4.69, 9.17) is 0 Å². The lowest BCUT2D eigenvalue weighted by Crippen LogP contribution is -2.39. The second-order valence-electron chi connectivity index (χ2n) is 7.51. The van der Waals surface area contributed by atoms with E-state index in [1.807, 2.05) is 60.7 Å². The number of nitrogens with one attached hydrogen (secondary N) is 2. The molecule has 29 heavy (non-hydrogen) atoms. The van der Waals surface area contributed by atoms with E-state index in [2.05, 4.69) is 20.6 Å². The Morgan fingerprint density at radius 2 is 1.31 bits per heavy atom. The van der Waals surface area contributed by atoms with Crippen molar-refractivity contribution in [1.82, 2.24) is 9.97 Å². The molecule has 0 amide bonds. The van der Waals surface area contributed by atoms with Gasteiger partial charge in [-0.25, -0.2) is 9.37 Å². The first-order chi connectivity index (χ1) is 13.7. The highest BCUT2D eigenvalue weighted by Gasteiger charge is 2.25. The van der Waals surface area contributed by atoms with E-state index in [1.165, 1.54) is 0 Å². The Bertz CT molecular complexity index is 934. The summed E-state index contributed by atoms with van der Waals surface area (Å²) < 4.78 is 14.2. The van der Waals surface area contributed by atoms with Gasteiger partial charge in [-0.05, 0) is 25.0 Å². The summed E-state index contributed by atoms with van der Waals surface area (Å²) in [7, 11) is 0. The standard InChI is InChI=1S/C22H25FN4O2/c1-21(28,13-16-9-5-3-6-10-16)26-19-18(23)15-24-20(25-19)27-22(2,29)14-17-11-7-4-8-12-17/h3-12,15,28-29H,13-14H2,1-2H3,(H2,24,25,26,27)/t21-,22-/m0/s1. The molecule has 0 saturated heterocycles. The zero-order chi connectivity index (χ0) is 20.9. The third kappa shape index (κ3) is 6.23. The van der Waals surface area contributed by atoms with Crippen LogP contribution >= 0.6 is 0 Å². The lowest BCUT2D eigenvalue weighted by atomic mass is 10.0. The average Bonchev–Trinajstić information content (AvgIpc) is 2.65. The SMILES string of the molecule is C[C@](O)(Cc1ccccc1)Nc1ncc(F)c(N[C@@](C)(O)Cc2ccccc2)n1. The summed E-state index contributed by atoms with van der Waals surface area (Å²) in [5.74, 6) is -0.809. The molecule has 0 unspecified atom stereocenters. The van der Waals surface area contributed by atoms with Crippen molar-refractivity contribution < 1.29 is 14.6 Å². The van der Waals surface area contributed by atoms with Crippen LogP contribution in [-0.4, -0.2) is 31.6 Å². The van der Waals surface area contributed by atoms with Gasteiger partial charge in [0, 0.05) is 12.8 Å². The second kappa shape index (κ2) is 8.55. The van der Waals surface area contributed by atoms with Gasteiger partial charge in [-0.3, -0.25) is 0 Å². The molecular weight excluding hydrogens is 371 g/mol. The van der Waals surface area contributed by atoms with Crippen LogP contribution in [0.2, 0.25) is 0 Å². The van der Waals surface area contributed by atoms with E-state index in [-0.39, 0.29) is 18.2 Å². The summed E-state index contributed by atoms with van der Waals surface area (Å²) in [6, 6.07) is 18.8. The predicted molar refractivity (Wildman–Crippen MR) is 111 cm³/mol. The highest BCUT2D eigenvalue weighted by atomic mass is 19.1. The third-order valence-corrected chi connectivity index (χ3v) is 4.30. The molecule has 7 heteroatoms. The topological polar surface area (TPSA) is 90.3 Å². The number of hydrogen-bond acceptors (Lipinski definition) is 6. The van der Waals surface area contributed by atoms with Gasteiger partial charge >= 0.3 is 0 Å². The van der Waals surface area contributed by atoms with E-state index in [0.717, 1.165) is 17.3 Å². The van der Waals surface area contributed by atoms with Crippen molar-refractivity contribution in [2.24, 2.45) is 0 Å². The number of anilines is 2. The Hall–Kier alpha value is -3.03. The van der Waals surface area contributed by atoms with Crippen LogP contribution in [0.25, 0.3) is 0 Å². The van der Waals surface area contributed by atoms with Crippen molar-refractivity contribution in [3.8, 4) is 0 Å². The molecule has 0 saturated carbocycles. The van der Waals surface area contributed by atoms with Gasteiger partial charge in [-0.15, -0.1) is 0 Å². The zero-order valence-corrected chi connectivity index (χ0v) is 16.4. The fraction of sp³-hybridized carbons (Fsp3) is 0.273. The average molecular weight is 396 g/mol. The van der Waals surface area contributed by atoms with Crippen molar-refractivity contribution in [2.75, 3.05) is 10.6 Å². The molecule has 1 aromatic heterocycles. The number of benzene rings is 2. The molecule has 152 valence electrons. The van der Waals surface area contributed by atoms with Crippen LogP contribution in [0.3, 0.4) is 0 Å². The summed E-state index contributed by atoms with van der Waals surface area (Å²) in [4.78, 5) is 8.00. The maximum Gasteiger partial charge on any atom is 0.227 e. The minimum Gasteiger partial charge on any atom is -0.371 e. The van der Waals surface area contributed by atoms with Gasteiger partial charge < -0.3 is 20.8 Å². The fourth-order valence-corrected chi connectivity index (χ4v) is 3.09. The number of rotatable bonds is 8. The molecule has 0 radical (unpaired) electrons. The molecule has 0 aliphatic carbocycles. The molecule has 4 N–H and O–H groups in total.